The van der Waals surface area contributed by atoms with E-state index in [-0.39, 0.29) is 17.9 Å². The summed E-state index contributed by atoms with van der Waals surface area (Å²) in [5.41, 5.74) is 1.38. The van der Waals surface area contributed by atoms with E-state index in [4.69, 9.17) is 4.74 Å². The monoisotopic (exact) mass is 387 g/mol. The number of rotatable bonds is 5. The fourth-order valence-electron chi connectivity index (χ4n) is 4.22. The molecule has 2 aliphatic heterocycles. The molecule has 1 atom stereocenters. The molecule has 0 bridgehead atoms. The fourth-order valence-corrected chi connectivity index (χ4v) is 4.22. The van der Waals surface area contributed by atoms with Crippen molar-refractivity contribution in [3.8, 4) is 0 Å². The van der Waals surface area contributed by atoms with Crippen LogP contribution in [0.15, 0.2) is 30.3 Å². The number of hydrogen-bond donors (Lipinski definition) is 0. The summed E-state index contributed by atoms with van der Waals surface area (Å²) < 4.78 is 5.05. The van der Waals surface area contributed by atoms with Crippen LogP contribution in [0.4, 0.5) is 4.79 Å². The number of nitrogens with zero attached hydrogens (tertiary/aromatic N) is 3. The van der Waals surface area contributed by atoms with Gasteiger partial charge in [0.1, 0.15) is 0 Å². The first kappa shape index (κ1) is 20.6. The molecular weight excluding hydrogens is 354 g/mol. The molecule has 1 unspecified atom stereocenters. The maximum atomic E-state index is 12.9. The van der Waals surface area contributed by atoms with Crippen LogP contribution in [0.1, 0.15) is 38.2 Å². The van der Waals surface area contributed by atoms with Crippen molar-refractivity contribution in [3.05, 3.63) is 35.9 Å². The molecule has 0 spiro atoms. The van der Waals surface area contributed by atoms with Crippen LogP contribution in [-0.4, -0.2) is 79.1 Å². The molecule has 0 aliphatic carbocycles. The maximum absolute atomic E-state index is 12.9. The van der Waals surface area contributed by atoms with Crippen molar-refractivity contribution in [2.24, 2.45) is 5.92 Å². The summed E-state index contributed by atoms with van der Waals surface area (Å²) in [6.07, 6.45) is 1.59. The topological polar surface area (TPSA) is 53.1 Å². The van der Waals surface area contributed by atoms with E-state index >= 15 is 0 Å². The van der Waals surface area contributed by atoms with Crippen LogP contribution in [0, 0.1) is 5.92 Å². The summed E-state index contributed by atoms with van der Waals surface area (Å²) in [6, 6.07) is 10.6. The first-order valence-corrected chi connectivity index (χ1v) is 10.6. The van der Waals surface area contributed by atoms with Gasteiger partial charge in [-0.1, -0.05) is 37.3 Å². The Morgan fingerprint density at radius 3 is 2.21 bits per heavy atom. The minimum Gasteiger partial charge on any atom is -0.450 e. The Labute approximate surface area is 168 Å². The normalized spacial score (nSPS) is 20.1. The lowest BCUT2D eigenvalue weighted by Crippen LogP contribution is -2.53. The molecule has 1 aromatic carbocycles. The molecule has 6 nitrogen and oxygen atoms in total. The van der Waals surface area contributed by atoms with Crippen molar-refractivity contribution in [2.45, 2.75) is 32.6 Å². The molecule has 2 fully saturated rings. The molecule has 6 heteroatoms. The zero-order valence-corrected chi connectivity index (χ0v) is 17.2. The molecule has 2 saturated heterocycles. The van der Waals surface area contributed by atoms with Gasteiger partial charge < -0.3 is 19.4 Å². The minimum atomic E-state index is -0.268. The third-order valence-electron chi connectivity index (χ3n) is 5.95. The van der Waals surface area contributed by atoms with Crippen molar-refractivity contribution in [2.75, 3.05) is 52.4 Å². The predicted molar refractivity (Wildman–Crippen MR) is 109 cm³/mol. The number of hydrogen-bond acceptors (Lipinski definition) is 4. The highest BCUT2D eigenvalue weighted by atomic mass is 16.6. The van der Waals surface area contributed by atoms with E-state index < -0.39 is 0 Å². The molecule has 2 amide bonds. The van der Waals surface area contributed by atoms with E-state index in [1.807, 2.05) is 11.8 Å². The summed E-state index contributed by atoms with van der Waals surface area (Å²) in [5, 5.41) is 0. The van der Waals surface area contributed by atoms with Crippen molar-refractivity contribution < 1.29 is 14.3 Å². The molecular formula is C22H33N3O3. The highest BCUT2D eigenvalue weighted by molar-refractivity contribution is 5.79. The Bertz CT molecular complexity index is 636. The van der Waals surface area contributed by atoms with Crippen LogP contribution in [0.5, 0.6) is 0 Å². The smallest absolute Gasteiger partial charge is 0.409 e. The van der Waals surface area contributed by atoms with Crippen LogP contribution in [-0.2, 0) is 9.53 Å². The Morgan fingerprint density at radius 2 is 1.61 bits per heavy atom. The Balaban J connectivity index is 1.41. The number of carbonyl (C=O) groups is 2. The van der Waals surface area contributed by atoms with Gasteiger partial charge >= 0.3 is 6.09 Å². The number of benzene rings is 1. The second kappa shape index (κ2) is 9.92. The SMILES string of the molecule is CCOC(=O)N1CCN(C(=O)C2CCN(CC(C)c3ccccc3)CC2)CC1. The van der Waals surface area contributed by atoms with Gasteiger partial charge in [0.2, 0.25) is 5.91 Å². The highest BCUT2D eigenvalue weighted by Gasteiger charge is 2.31. The maximum Gasteiger partial charge on any atom is 0.409 e. The number of amides is 2. The molecule has 1 aromatic rings. The number of piperazine rings is 1. The summed E-state index contributed by atoms with van der Waals surface area (Å²) in [6.45, 7) is 9.84. The predicted octanol–water partition coefficient (Wildman–Crippen LogP) is 2.80. The lowest BCUT2D eigenvalue weighted by molar-refractivity contribution is -0.138. The minimum absolute atomic E-state index is 0.123. The van der Waals surface area contributed by atoms with Gasteiger partial charge in [0.25, 0.3) is 0 Å². The number of piperidine rings is 1. The second-order valence-electron chi connectivity index (χ2n) is 7.90. The second-order valence-corrected chi connectivity index (χ2v) is 7.90. The molecule has 28 heavy (non-hydrogen) atoms. The summed E-state index contributed by atoms with van der Waals surface area (Å²) in [7, 11) is 0. The largest absolute Gasteiger partial charge is 0.450 e. The average molecular weight is 388 g/mol. The Morgan fingerprint density at radius 1 is 1.00 bits per heavy atom. The molecule has 2 aliphatic rings. The van der Waals surface area contributed by atoms with E-state index in [2.05, 4.69) is 42.2 Å². The average Bonchev–Trinajstić information content (AvgIpc) is 2.74. The van der Waals surface area contributed by atoms with E-state index in [1.165, 1.54) is 5.56 Å². The first-order valence-electron chi connectivity index (χ1n) is 10.6. The standard InChI is InChI=1S/C22H33N3O3/c1-3-28-22(27)25-15-13-24(14-16-25)21(26)20-9-11-23(12-10-20)17-18(2)19-7-5-4-6-8-19/h4-8,18,20H,3,9-17H2,1-2H3. The number of carbonyl (C=O) groups excluding carboxylic acids is 2. The zero-order chi connectivity index (χ0) is 19.9. The molecule has 2 heterocycles. The van der Waals surface area contributed by atoms with Crippen LogP contribution >= 0.6 is 0 Å². The van der Waals surface area contributed by atoms with Crippen molar-refractivity contribution >= 4 is 12.0 Å². The van der Waals surface area contributed by atoms with Crippen molar-refractivity contribution in [1.82, 2.24) is 14.7 Å². The highest BCUT2D eigenvalue weighted by Crippen LogP contribution is 2.23. The van der Waals surface area contributed by atoms with Crippen LogP contribution in [0.2, 0.25) is 0 Å². The van der Waals surface area contributed by atoms with Gasteiger partial charge in [-0.3, -0.25) is 4.79 Å². The Hall–Kier alpha value is -2.08. The lowest BCUT2D eigenvalue weighted by Gasteiger charge is -2.38. The van der Waals surface area contributed by atoms with Gasteiger partial charge in [0.15, 0.2) is 0 Å². The number of likely N-dealkylation sites (tertiary alicyclic amines) is 1. The lowest BCUT2D eigenvalue weighted by atomic mass is 9.93. The molecule has 3 rings (SSSR count). The molecule has 154 valence electrons. The summed E-state index contributed by atoms with van der Waals surface area (Å²) in [5.74, 6) is 0.890. The summed E-state index contributed by atoms with van der Waals surface area (Å²) in [4.78, 5) is 30.8. The third-order valence-corrected chi connectivity index (χ3v) is 5.95. The van der Waals surface area contributed by atoms with Crippen molar-refractivity contribution in [3.63, 3.8) is 0 Å². The molecule has 0 radical (unpaired) electrons. The quantitative estimate of drug-likeness (QED) is 0.780. The van der Waals surface area contributed by atoms with Gasteiger partial charge in [-0.2, -0.15) is 0 Å². The van der Waals surface area contributed by atoms with Gasteiger partial charge in [0, 0.05) is 38.6 Å². The van der Waals surface area contributed by atoms with Gasteiger partial charge in [0.05, 0.1) is 6.61 Å². The van der Waals surface area contributed by atoms with E-state index in [1.54, 1.807) is 4.90 Å². The van der Waals surface area contributed by atoms with E-state index in [9.17, 15) is 9.59 Å². The Kier molecular flexibility index (Phi) is 7.31. The zero-order valence-electron chi connectivity index (χ0n) is 17.2. The molecule has 0 aromatic heterocycles. The first-order chi connectivity index (χ1) is 13.6. The van der Waals surface area contributed by atoms with Gasteiger partial charge in [-0.15, -0.1) is 0 Å². The van der Waals surface area contributed by atoms with E-state index in [0.717, 1.165) is 32.5 Å². The van der Waals surface area contributed by atoms with Crippen LogP contribution in [0.3, 0.4) is 0 Å². The van der Waals surface area contributed by atoms with Gasteiger partial charge in [-0.25, -0.2) is 4.79 Å². The van der Waals surface area contributed by atoms with Crippen LogP contribution in [0.25, 0.3) is 0 Å². The number of ether oxygens (including phenoxy) is 1. The van der Waals surface area contributed by atoms with Gasteiger partial charge in [-0.05, 0) is 44.3 Å². The van der Waals surface area contributed by atoms with E-state index in [0.29, 0.717) is 38.7 Å². The molecule has 0 saturated carbocycles. The van der Waals surface area contributed by atoms with Crippen molar-refractivity contribution in [1.29, 1.82) is 0 Å². The third kappa shape index (κ3) is 5.25. The molecule has 0 N–H and O–H groups in total. The van der Waals surface area contributed by atoms with Crippen LogP contribution < -0.4 is 0 Å². The fraction of sp³-hybridized carbons (Fsp3) is 0.636. The summed E-state index contributed by atoms with van der Waals surface area (Å²) >= 11 is 0.